The number of nitrogens with zero attached hydrogens (tertiary/aromatic N) is 2. The van der Waals surface area contributed by atoms with E-state index in [0.29, 0.717) is 5.76 Å². The van der Waals surface area contributed by atoms with Crippen molar-refractivity contribution in [1.82, 2.24) is 9.78 Å². The number of carbonyl (C=O) groups is 1. The van der Waals surface area contributed by atoms with Crippen molar-refractivity contribution in [1.29, 1.82) is 0 Å². The van der Waals surface area contributed by atoms with Gasteiger partial charge >= 0.3 is 5.76 Å². The van der Waals surface area contributed by atoms with Crippen LogP contribution in [0.3, 0.4) is 0 Å². The number of amides is 1. The summed E-state index contributed by atoms with van der Waals surface area (Å²) in [4.78, 5) is 24.0. The first-order valence-electron chi connectivity index (χ1n) is 7.55. The van der Waals surface area contributed by atoms with Crippen molar-refractivity contribution in [3.8, 4) is 11.7 Å². The standard InChI is InChI=1S/C17H17N3O4/c1-11(2)12-6-3-4-7-13(12)18-15(21)10-20-17(22)24-16(19-20)14-8-5-9-23-14/h3-9,11H,10H2,1-2H3,(H,18,21). The smallest absolute Gasteiger partial charge is 0.437 e. The molecule has 0 atom stereocenters. The van der Waals surface area contributed by atoms with Gasteiger partial charge in [-0.05, 0) is 29.7 Å². The molecule has 0 aliphatic rings. The molecule has 0 radical (unpaired) electrons. The van der Waals surface area contributed by atoms with Gasteiger partial charge in [0.25, 0.3) is 5.89 Å². The Morgan fingerprint density at radius 1 is 1.25 bits per heavy atom. The summed E-state index contributed by atoms with van der Waals surface area (Å²) in [5, 5.41) is 6.78. The maximum absolute atomic E-state index is 12.2. The first kappa shape index (κ1) is 15.8. The highest BCUT2D eigenvalue weighted by Gasteiger charge is 2.16. The fraction of sp³-hybridized carbons (Fsp3) is 0.235. The molecule has 1 aromatic carbocycles. The second-order valence-electron chi connectivity index (χ2n) is 5.60. The summed E-state index contributed by atoms with van der Waals surface area (Å²) in [6.07, 6.45) is 1.45. The zero-order valence-electron chi connectivity index (χ0n) is 13.4. The van der Waals surface area contributed by atoms with E-state index in [1.54, 1.807) is 12.1 Å². The van der Waals surface area contributed by atoms with Gasteiger partial charge in [-0.2, -0.15) is 4.68 Å². The van der Waals surface area contributed by atoms with Crippen LogP contribution in [0.4, 0.5) is 5.69 Å². The minimum absolute atomic E-state index is 0.0420. The summed E-state index contributed by atoms with van der Waals surface area (Å²) in [5.74, 6) is -0.434. The highest BCUT2D eigenvalue weighted by Crippen LogP contribution is 2.23. The number of hydrogen-bond acceptors (Lipinski definition) is 5. The molecule has 0 spiro atoms. The second-order valence-corrected chi connectivity index (χ2v) is 5.60. The van der Waals surface area contributed by atoms with Gasteiger partial charge in [-0.15, -0.1) is 5.10 Å². The lowest BCUT2D eigenvalue weighted by atomic mass is 10.0. The van der Waals surface area contributed by atoms with Gasteiger partial charge in [-0.1, -0.05) is 32.0 Å². The SMILES string of the molecule is CC(C)c1ccccc1NC(=O)Cn1nc(-c2ccco2)oc1=O. The first-order valence-corrected chi connectivity index (χ1v) is 7.55. The molecule has 7 nitrogen and oxygen atoms in total. The largest absolute Gasteiger partial charge is 0.459 e. The highest BCUT2D eigenvalue weighted by atomic mass is 16.4. The molecule has 1 N–H and O–H groups in total. The number of rotatable bonds is 5. The second kappa shape index (κ2) is 6.57. The number of anilines is 1. The van der Waals surface area contributed by atoms with Gasteiger partial charge in [-0.25, -0.2) is 4.79 Å². The molecule has 3 rings (SSSR count). The van der Waals surface area contributed by atoms with Gasteiger partial charge in [0.05, 0.1) is 6.26 Å². The predicted molar refractivity (Wildman–Crippen MR) is 87.6 cm³/mol. The van der Waals surface area contributed by atoms with E-state index >= 15 is 0 Å². The third-order valence-corrected chi connectivity index (χ3v) is 3.49. The van der Waals surface area contributed by atoms with Gasteiger partial charge < -0.3 is 14.2 Å². The molecule has 0 unspecified atom stereocenters. The lowest BCUT2D eigenvalue weighted by Gasteiger charge is -2.13. The maximum atomic E-state index is 12.2. The molecule has 2 heterocycles. The Bertz CT molecular complexity index is 891. The average Bonchev–Trinajstić information content (AvgIpc) is 3.18. The zero-order valence-corrected chi connectivity index (χ0v) is 13.4. The average molecular weight is 327 g/mol. The van der Waals surface area contributed by atoms with E-state index in [1.165, 1.54) is 6.26 Å². The van der Waals surface area contributed by atoms with Gasteiger partial charge in [0, 0.05) is 5.69 Å². The van der Waals surface area contributed by atoms with Gasteiger partial charge in [0.1, 0.15) is 6.54 Å². The van der Waals surface area contributed by atoms with Crippen molar-refractivity contribution >= 4 is 11.6 Å². The van der Waals surface area contributed by atoms with E-state index in [9.17, 15) is 9.59 Å². The number of furan rings is 1. The Morgan fingerprint density at radius 2 is 2.04 bits per heavy atom. The summed E-state index contributed by atoms with van der Waals surface area (Å²) in [6.45, 7) is 3.85. The number of aromatic nitrogens is 2. The molecule has 124 valence electrons. The highest BCUT2D eigenvalue weighted by molar-refractivity contribution is 5.91. The van der Waals surface area contributed by atoms with Crippen LogP contribution in [0.1, 0.15) is 25.3 Å². The molecule has 0 saturated carbocycles. The van der Waals surface area contributed by atoms with Crippen LogP contribution >= 0.6 is 0 Å². The van der Waals surface area contributed by atoms with E-state index in [-0.39, 0.29) is 24.3 Å². The molecule has 1 amide bonds. The third-order valence-electron chi connectivity index (χ3n) is 3.49. The van der Waals surface area contributed by atoms with Crippen LogP contribution in [-0.2, 0) is 11.3 Å². The predicted octanol–water partition coefficient (Wildman–Crippen LogP) is 2.86. The summed E-state index contributed by atoms with van der Waals surface area (Å²) >= 11 is 0. The number of hydrogen-bond donors (Lipinski definition) is 1. The Labute approximate surface area is 137 Å². The van der Waals surface area contributed by atoms with Crippen LogP contribution in [0.15, 0.2) is 56.3 Å². The van der Waals surface area contributed by atoms with Crippen LogP contribution < -0.4 is 11.1 Å². The fourth-order valence-corrected chi connectivity index (χ4v) is 2.35. The molecule has 24 heavy (non-hydrogen) atoms. The fourth-order valence-electron chi connectivity index (χ4n) is 2.35. The van der Waals surface area contributed by atoms with Crippen molar-refractivity contribution in [2.75, 3.05) is 5.32 Å². The van der Waals surface area contributed by atoms with Crippen molar-refractivity contribution in [3.63, 3.8) is 0 Å². The van der Waals surface area contributed by atoms with E-state index < -0.39 is 5.76 Å². The molecule has 0 saturated heterocycles. The molecule has 7 heteroatoms. The molecular formula is C17H17N3O4. The summed E-state index contributed by atoms with van der Waals surface area (Å²) in [5.41, 5.74) is 1.75. The van der Waals surface area contributed by atoms with Gasteiger partial charge in [-0.3, -0.25) is 4.79 Å². The Kier molecular flexibility index (Phi) is 4.33. The van der Waals surface area contributed by atoms with E-state index in [1.807, 2.05) is 38.1 Å². The van der Waals surface area contributed by atoms with E-state index in [2.05, 4.69) is 10.4 Å². The molecule has 2 aromatic heterocycles. The van der Waals surface area contributed by atoms with Crippen molar-refractivity contribution in [2.45, 2.75) is 26.3 Å². The number of benzene rings is 1. The Morgan fingerprint density at radius 3 is 2.75 bits per heavy atom. The minimum atomic E-state index is -0.714. The molecule has 0 fully saturated rings. The van der Waals surface area contributed by atoms with Gasteiger partial charge in [0.15, 0.2) is 5.76 Å². The molecule has 0 bridgehead atoms. The van der Waals surface area contributed by atoms with Crippen LogP contribution in [0.25, 0.3) is 11.7 Å². The van der Waals surface area contributed by atoms with Gasteiger partial charge in [0.2, 0.25) is 5.91 Å². The zero-order chi connectivity index (χ0) is 17.1. The van der Waals surface area contributed by atoms with Crippen molar-refractivity contribution < 1.29 is 13.6 Å². The normalized spacial score (nSPS) is 11.0. The quantitative estimate of drug-likeness (QED) is 0.778. The van der Waals surface area contributed by atoms with Crippen LogP contribution in [0, 0.1) is 0 Å². The van der Waals surface area contributed by atoms with Crippen LogP contribution in [0.5, 0.6) is 0 Å². The Balaban J connectivity index is 1.75. The monoisotopic (exact) mass is 327 g/mol. The summed E-state index contributed by atoms with van der Waals surface area (Å²) in [7, 11) is 0. The number of para-hydroxylation sites is 1. The summed E-state index contributed by atoms with van der Waals surface area (Å²) in [6, 6.07) is 10.8. The van der Waals surface area contributed by atoms with Crippen LogP contribution in [-0.4, -0.2) is 15.7 Å². The minimum Gasteiger partial charge on any atom is -0.459 e. The summed E-state index contributed by atoms with van der Waals surface area (Å²) < 4.78 is 11.1. The van der Waals surface area contributed by atoms with Crippen molar-refractivity contribution in [3.05, 3.63) is 58.8 Å². The molecular weight excluding hydrogens is 310 g/mol. The molecule has 3 aromatic rings. The van der Waals surface area contributed by atoms with Crippen molar-refractivity contribution in [2.24, 2.45) is 0 Å². The molecule has 0 aliphatic carbocycles. The lowest BCUT2D eigenvalue weighted by Crippen LogP contribution is -2.26. The third kappa shape index (κ3) is 3.29. The lowest BCUT2D eigenvalue weighted by molar-refractivity contribution is -0.117. The molecule has 0 aliphatic heterocycles. The van der Waals surface area contributed by atoms with E-state index in [0.717, 1.165) is 15.9 Å². The number of nitrogens with one attached hydrogen (secondary N) is 1. The first-order chi connectivity index (χ1) is 11.5. The van der Waals surface area contributed by atoms with E-state index in [4.69, 9.17) is 8.83 Å². The number of carbonyl (C=O) groups excluding carboxylic acids is 1. The topological polar surface area (TPSA) is 90.3 Å². The Hall–Kier alpha value is -3.09. The maximum Gasteiger partial charge on any atom is 0.437 e. The van der Waals surface area contributed by atoms with Crippen LogP contribution in [0.2, 0.25) is 0 Å².